The third-order valence-electron chi connectivity index (χ3n) is 2.80. The van der Waals surface area contributed by atoms with Crippen molar-refractivity contribution in [1.82, 2.24) is 9.97 Å². The number of nitro benzene ring substituents is 1. The van der Waals surface area contributed by atoms with E-state index < -0.39 is 4.92 Å². The molecule has 0 N–H and O–H groups in total. The molecule has 0 atom stereocenters. The number of non-ortho nitro benzene ring substituents is 1. The summed E-state index contributed by atoms with van der Waals surface area (Å²) in [5.74, 6) is 0.535. The van der Waals surface area contributed by atoms with E-state index in [4.69, 9.17) is 16.3 Å². The summed E-state index contributed by atoms with van der Waals surface area (Å²) in [7, 11) is 0. The fourth-order valence-electron chi connectivity index (χ4n) is 1.90. The van der Waals surface area contributed by atoms with E-state index in [1.807, 2.05) is 0 Å². The Balaban J connectivity index is 1.96. The summed E-state index contributed by atoms with van der Waals surface area (Å²) in [6.45, 7) is 0.298. The van der Waals surface area contributed by atoms with E-state index in [2.05, 4.69) is 9.97 Å². The first-order valence-corrected chi connectivity index (χ1v) is 7.10. The lowest BCUT2D eigenvalue weighted by molar-refractivity contribution is -0.383. The molecular weight excluding hydrogens is 314 g/mol. The summed E-state index contributed by atoms with van der Waals surface area (Å²) >= 11 is 7.09. The van der Waals surface area contributed by atoms with Gasteiger partial charge in [-0.15, -0.1) is 11.3 Å². The minimum Gasteiger partial charge on any atom is -0.487 e. The maximum absolute atomic E-state index is 11.0. The first-order valence-electron chi connectivity index (χ1n) is 5.90. The molecule has 2 heterocycles. The normalized spacial score (nSPS) is 10.7. The monoisotopic (exact) mass is 321 g/mol. The Bertz CT molecular complexity index is 821. The Morgan fingerprint density at radius 1 is 1.33 bits per heavy atom. The molecule has 3 aromatic rings. The van der Waals surface area contributed by atoms with E-state index in [1.54, 1.807) is 24.4 Å². The van der Waals surface area contributed by atoms with Crippen LogP contribution >= 0.6 is 22.9 Å². The quantitative estimate of drug-likeness (QED) is 0.539. The van der Waals surface area contributed by atoms with Crippen LogP contribution in [0.25, 0.3) is 10.9 Å². The molecule has 0 saturated carbocycles. The van der Waals surface area contributed by atoms with Crippen LogP contribution < -0.4 is 4.74 Å². The van der Waals surface area contributed by atoms with Gasteiger partial charge in [0.05, 0.1) is 9.80 Å². The molecule has 0 radical (unpaired) electrons. The Morgan fingerprint density at radius 3 is 2.90 bits per heavy atom. The van der Waals surface area contributed by atoms with Crippen LogP contribution in [0.15, 0.2) is 36.7 Å². The second kappa shape index (κ2) is 5.63. The number of fused-ring (bicyclic) bond motifs is 1. The largest absolute Gasteiger partial charge is 0.487 e. The van der Waals surface area contributed by atoms with Crippen molar-refractivity contribution in [3.8, 4) is 5.75 Å². The van der Waals surface area contributed by atoms with Crippen LogP contribution in [0.2, 0.25) is 4.47 Å². The van der Waals surface area contributed by atoms with Gasteiger partial charge >= 0.3 is 0 Å². The number of aromatic nitrogens is 2. The molecule has 0 amide bonds. The van der Waals surface area contributed by atoms with E-state index in [0.29, 0.717) is 27.7 Å². The first kappa shape index (κ1) is 13.7. The third-order valence-corrected chi connectivity index (χ3v) is 3.89. The average Bonchev–Trinajstić information content (AvgIpc) is 2.90. The van der Waals surface area contributed by atoms with Crippen molar-refractivity contribution in [2.45, 2.75) is 6.61 Å². The molecule has 0 spiro atoms. The molecule has 0 unspecified atom stereocenters. The predicted molar refractivity (Wildman–Crippen MR) is 79.9 cm³/mol. The summed E-state index contributed by atoms with van der Waals surface area (Å²) in [5.41, 5.74) is 0.265. The van der Waals surface area contributed by atoms with Gasteiger partial charge in [-0.1, -0.05) is 11.6 Å². The van der Waals surface area contributed by atoms with Crippen LogP contribution in [0.4, 0.5) is 5.69 Å². The van der Waals surface area contributed by atoms with Crippen LogP contribution in [0.5, 0.6) is 5.75 Å². The van der Waals surface area contributed by atoms with Gasteiger partial charge in [0.1, 0.15) is 12.4 Å². The summed E-state index contributed by atoms with van der Waals surface area (Å²) < 4.78 is 6.15. The number of rotatable bonds is 4. The Hall–Kier alpha value is -2.25. The van der Waals surface area contributed by atoms with E-state index in [9.17, 15) is 10.1 Å². The van der Waals surface area contributed by atoms with Crippen molar-refractivity contribution < 1.29 is 9.66 Å². The maximum Gasteiger partial charge on any atom is 0.295 e. The number of hydrogen-bond acceptors (Lipinski definition) is 6. The van der Waals surface area contributed by atoms with Crippen LogP contribution in [-0.4, -0.2) is 14.9 Å². The van der Waals surface area contributed by atoms with E-state index in [-0.39, 0.29) is 5.69 Å². The van der Waals surface area contributed by atoms with Gasteiger partial charge in [-0.2, -0.15) is 0 Å². The fourth-order valence-corrected chi connectivity index (χ4v) is 2.80. The van der Waals surface area contributed by atoms with Crippen molar-refractivity contribution in [3.05, 3.63) is 56.1 Å². The van der Waals surface area contributed by atoms with Gasteiger partial charge in [-0.3, -0.25) is 10.1 Å². The second-order valence-electron chi connectivity index (χ2n) is 4.11. The lowest BCUT2D eigenvalue weighted by Crippen LogP contribution is -1.97. The molecular formula is C13H8ClN3O3S. The lowest BCUT2D eigenvalue weighted by atomic mass is 10.1. The Morgan fingerprint density at radius 2 is 2.19 bits per heavy atom. The highest BCUT2D eigenvalue weighted by molar-refractivity contribution is 7.15. The van der Waals surface area contributed by atoms with Crippen molar-refractivity contribution >= 4 is 39.5 Å². The molecule has 0 bridgehead atoms. The van der Waals surface area contributed by atoms with Crippen molar-refractivity contribution in [2.24, 2.45) is 0 Å². The minimum atomic E-state index is -0.456. The molecule has 21 heavy (non-hydrogen) atoms. The molecule has 0 aliphatic rings. The highest BCUT2D eigenvalue weighted by Crippen LogP contribution is 2.32. The predicted octanol–water partition coefficient (Wildman–Crippen LogP) is 3.83. The molecule has 106 valence electrons. The van der Waals surface area contributed by atoms with Crippen LogP contribution in [0, 0.1) is 10.1 Å². The smallest absolute Gasteiger partial charge is 0.295 e. The molecule has 6 nitrogen and oxygen atoms in total. The van der Waals surface area contributed by atoms with Crippen molar-refractivity contribution in [3.63, 3.8) is 0 Å². The van der Waals surface area contributed by atoms with Gasteiger partial charge in [0.25, 0.3) is 5.69 Å². The zero-order valence-electron chi connectivity index (χ0n) is 10.5. The number of pyridine rings is 1. The van der Waals surface area contributed by atoms with E-state index >= 15 is 0 Å². The van der Waals surface area contributed by atoms with Gasteiger partial charge in [-0.25, -0.2) is 9.97 Å². The zero-order valence-corrected chi connectivity index (χ0v) is 12.1. The summed E-state index contributed by atoms with van der Waals surface area (Å²) in [6.07, 6.45) is 3.15. The molecule has 0 saturated heterocycles. The zero-order chi connectivity index (χ0) is 14.8. The van der Waals surface area contributed by atoms with Gasteiger partial charge in [0.2, 0.25) is 0 Å². The lowest BCUT2D eigenvalue weighted by Gasteiger charge is -2.07. The molecule has 3 rings (SSSR count). The standard InChI is InChI=1S/C13H8ClN3O3S/c14-13-16-6-8(21-13)7-20-11-4-3-10(17(18)19)12-9(11)2-1-5-15-12/h1-6H,7H2. The van der Waals surface area contributed by atoms with Crippen LogP contribution in [-0.2, 0) is 6.61 Å². The van der Waals surface area contributed by atoms with E-state index in [1.165, 1.54) is 23.6 Å². The topological polar surface area (TPSA) is 78.2 Å². The van der Waals surface area contributed by atoms with Gasteiger partial charge < -0.3 is 4.74 Å². The van der Waals surface area contributed by atoms with Crippen molar-refractivity contribution in [1.29, 1.82) is 0 Å². The van der Waals surface area contributed by atoms with Crippen LogP contribution in [0.3, 0.4) is 0 Å². The third kappa shape index (κ3) is 2.79. The number of benzene rings is 1. The Kier molecular flexibility index (Phi) is 3.68. The summed E-state index contributed by atoms with van der Waals surface area (Å²) in [4.78, 5) is 19.4. The van der Waals surface area contributed by atoms with Crippen molar-refractivity contribution in [2.75, 3.05) is 0 Å². The van der Waals surface area contributed by atoms with E-state index in [0.717, 1.165) is 4.88 Å². The van der Waals surface area contributed by atoms with Crippen LogP contribution in [0.1, 0.15) is 4.88 Å². The maximum atomic E-state index is 11.0. The molecule has 8 heteroatoms. The number of thiazole rings is 1. The molecule has 0 aliphatic carbocycles. The molecule has 1 aromatic carbocycles. The molecule has 0 aliphatic heterocycles. The second-order valence-corrected chi connectivity index (χ2v) is 5.81. The first-order chi connectivity index (χ1) is 10.1. The molecule has 2 aromatic heterocycles. The minimum absolute atomic E-state index is 0.0428. The molecule has 0 fully saturated rings. The fraction of sp³-hybridized carbons (Fsp3) is 0.0769. The number of ether oxygens (including phenoxy) is 1. The number of hydrogen-bond donors (Lipinski definition) is 0. The summed E-state index contributed by atoms with van der Waals surface area (Å²) in [6, 6.07) is 6.42. The number of halogens is 1. The number of nitro groups is 1. The Labute approximate surface area is 128 Å². The average molecular weight is 322 g/mol. The van der Waals surface area contributed by atoms with Gasteiger partial charge in [-0.05, 0) is 18.2 Å². The number of nitrogens with zero attached hydrogens (tertiary/aromatic N) is 3. The summed E-state index contributed by atoms with van der Waals surface area (Å²) in [5, 5.41) is 11.6. The highest BCUT2D eigenvalue weighted by Gasteiger charge is 2.16. The van der Waals surface area contributed by atoms with Gasteiger partial charge in [0.15, 0.2) is 9.98 Å². The van der Waals surface area contributed by atoms with Gasteiger partial charge in [0, 0.05) is 23.8 Å². The SMILES string of the molecule is O=[N+]([O-])c1ccc(OCc2cnc(Cl)s2)c2cccnc12. The highest BCUT2D eigenvalue weighted by atomic mass is 35.5.